The molecule has 0 saturated heterocycles. The molecule has 2 atom stereocenters. The van der Waals surface area contributed by atoms with E-state index in [0.29, 0.717) is 5.92 Å². The fourth-order valence-corrected chi connectivity index (χ4v) is 3.78. The Morgan fingerprint density at radius 1 is 0.960 bits per heavy atom. The number of hydrogen-bond donors (Lipinski definition) is 1. The molecule has 1 aliphatic rings. The minimum absolute atomic E-state index is 0.0512. The third-order valence-corrected chi connectivity index (χ3v) is 5.08. The van der Waals surface area contributed by atoms with Gasteiger partial charge in [0.15, 0.2) is 0 Å². The van der Waals surface area contributed by atoms with Crippen LogP contribution in [-0.2, 0) is 0 Å². The Hall–Kier alpha value is -2.13. The summed E-state index contributed by atoms with van der Waals surface area (Å²) in [5.41, 5.74) is 3.06. The lowest BCUT2D eigenvalue weighted by Gasteiger charge is -2.34. The van der Waals surface area contributed by atoms with Crippen molar-refractivity contribution in [1.82, 2.24) is 10.2 Å². The third-order valence-electron chi connectivity index (χ3n) is 5.08. The van der Waals surface area contributed by atoms with E-state index in [4.69, 9.17) is 0 Å². The Labute approximate surface area is 151 Å². The first kappa shape index (κ1) is 17.7. The van der Waals surface area contributed by atoms with Gasteiger partial charge in [0.05, 0.1) is 0 Å². The van der Waals surface area contributed by atoms with Gasteiger partial charge in [-0.15, -0.1) is 0 Å². The van der Waals surface area contributed by atoms with Crippen LogP contribution in [0.25, 0.3) is 11.1 Å². The molecule has 0 radical (unpaired) electrons. The zero-order valence-corrected chi connectivity index (χ0v) is 15.2. The van der Waals surface area contributed by atoms with Gasteiger partial charge < -0.3 is 10.2 Å². The van der Waals surface area contributed by atoms with E-state index < -0.39 is 0 Å². The van der Waals surface area contributed by atoms with E-state index in [1.165, 1.54) is 24.8 Å². The Kier molecular flexibility index (Phi) is 5.87. The van der Waals surface area contributed by atoms with Gasteiger partial charge in [-0.2, -0.15) is 0 Å². The molecule has 0 heterocycles. The van der Waals surface area contributed by atoms with E-state index in [1.54, 1.807) is 0 Å². The number of amides is 1. The molecule has 1 fully saturated rings. The van der Waals surface area contributed by atoms with Gasteiger partial charge in [-0.1, -0.05) is 55.3 Å². The first-order valence-electron chi connectivity index (χ1n) is 9.24. The summed E-state index contributed by atoms with van der Waals surface area (Å²) in [6.07, 6.45) is 4.78. The molecule has 2 aromatic carbocycles. The van der Waals surface area contributed by atoms with Crippen molar-refractivity contribution in [1.29, 1.82) is 0 Å². The summed E-state index contributed by atoms with van der Waals surface area (Å²) in [6.45, 7) is 1.04. The highest BCUT2D eigenvalue weighted by atomic mass is 16.1. The van der Waals surface area contributed by atoms with Gasteiger partial charge in [0.1, 0.15) is 0 Å². The summed E-state index contributed by atoms with van der Waals surface area (Å²) in [6, 6.07) is 18.5. The van der Waals surface area contributed by atoms with E-state index >= 15 is 0 Å². The van der Waals surface area contributed by atoms with Crippen molar-refractivity contribution >= 4 is 5.91 Å². The normalized spacial score (nSPS) is 20.4. The molecule has 1 N–H and O–H groups in total. The number of benzene rings is 2. The van der Waals surface area contributed by atoms with Gasteiger partial charge >= 0.3 is 0 Å². The molecule has 132 valence electrons. The van der Waals surface area contributed by atoms with Crippen molar-refractivity contribution in [2.24, 2.45) is 5.92 Å². The Balaban J connectivity index is 1.66. The van der Waals surface area contributed by atoms with E-state index in [-0.39, 0.29) is 11.9 Å². The minimum atomic E-state index is 0.0512. The van der Waals surface area contributed by atoms with Crippen LogP contribution < -0.4 is 5.32 Å². The number of hydrogen-bond acceptors (Lipinski definition) is 2. The van der Waals surface area contributed by atoms with Crippen LogP contribution in [0.4, 0.5) is 0 Å². The molecule has 0 spiro atoms. The van der Waals surface area contributed by atoms with Crippen LogP contribution in [0, 0.1) is 5.92 Å². The predicted octanol–water partition coefficient (Wildman–Crippen LogP) is 4.20. The zero-order valence-electron chi connectivity index (χ0n) is 15.2. The molecule has 2 unspecified atom stereocenters. The van der Waals surface area contributed by atoms with E-state index in [9.17, 15) is 4.79 Å². The Morgan fingerprint density at radius 2 is 1.60 bits per heavy atom. The quantitative estimate of drug-likeness (QED) is 0.887. The smallest absolute Gasteiger partial charge is 0.251 e. The summed E-state index contributed by atoms with van der Waals surface area (Å²) in [5, 5.41) is 3.28. The number of carbonyl (C=O) groups excluding carboxylic acids is 1. The van der Waals surface area contributed by atoms with Gasteiger partial charge in [0.25, 0.3) is 5.91 Å². The molecule has 1 aliphatic carbocycles. The summed E-state index contributed by atoms with van der Waals surface area (Å²) in [7, 11) is 4.21. The van der Waals surface area contributed by atoms with Crippen molar-refractivity contribution in [3.8, 4) is 11.1 Å². The number of rotatable bonds is 5. The summed E-state index contributed by atoms with van der Waals surface area (Å²) >= 11 is 0. The lowest BCUT2D eigenvalue weighted by molar-refractivity contribution is 0.0895. The van der Waals surface area contributed by atoms with Gasteiger partial charge in [-0.05, 0) is 56.1 Å². The minimum Gasteiger partial charge on any atom is -0.349 e. The van der Waals surface area contributed by atoms with E-state index in [2.05, 4.69) is 36.4 Å². The third kappa shape index (κ3) is 4.70. The highest BCUT2D eigenvalue weighted by Gasteiger charge is 2.27. The second-order valence-corrected chi connectivity index (χ2v) is 7.33. The molecule has 1 saturated carbocycles. The molecule has 3 rings (SSSR count). The Morgan fingerprint density at radius 3 is 2.28 bits per heavy atom. The van der Waals surface area contributed by atoms with Crippen molar-refractivity contribution in [2.45, 2.75) is 31.7 Å². The molecule has 3 heteroatoms. The average molecular weight is 336 g/mol. The van der Waals surface area contributed by atoms with Crippen LogP contribution in [0.15, 0.2) is 54.6 Å². The van der Waals surface area contributed by atoms with Crippen molar-refractivity contribution < 1.29 is 4.79 Å². The van der Waals surface area contributed by atoms with Crippen LogP contribution in [0.1, 0.15) is 36.0 Å². The number of nitrogens with zero attached hydrogens (tertiary/aromatic N) is 1. The van der Waals surface area contributed by atoms with Crippen molar-refractivity contribution in [3.63, 3.8) is 0 Å². The van der Waals surface area contributed by atoms with Crippen LogP contribution in [0.2, 0.25) is 0 Å². The van der Waals surface area contributed by atoms with E-state index in [0.717, 1.165) is 24.1 Å². The SMILES string of the molecule is CN(C)CC1CCCCC1NC(=O)c1ccc(-c2ccccc2)cc1. The van der Waals surface area contributed by atoms with Gasteiger partial charge in [0, 0.05) is 18.2 Å². The lowest BCUT2D eigenvalue weighted by atomic mass is 9.84. The summed E-state index contributed by atoms with van der Waals surface area (Å²) < 4.78 is 0. The predicted molar refractivity (Wildman–Crippen MR) is 104 cm³/mol. The number of carbonyl (C=O) groups is 1. The molecule has 0 aromatic heterocycles. The molecular formula is C22H28N2O. The van der Waals surface area contributed by atoms with Crippen LogP contribution in [0.5, 0.6) is 0 Å². The fraction of sp³-hybridized carbons (Fsp3) is 0.409. The molecule has 0 bridgehead atoms. The fourth-order valence-electron chi connectivity index (χ4n) is 3.78. The maximum atomic E-state index is 12.7. The van der Waals surface area contributed by atoms with Crippen molar-refractivity contribution in [3.05, 3.63) is 60.2 Å². The first-order chi connectivity index (χ1) is 12.1. The lowest BCUT2D eigenvalue weighted by Crippen LogP contribution is -2.45. The molecule has 2 aromatic rings. The molecular weight excluding hydrogens is 308 g/mol. The Bertz CT molecular complexity index is 679. The standard InChI is InChI=1S/C22H28N2O/c1-24(2)16-20-10-6-7-11-21(20)23-22(25)19-14-12-18(13-15-19)17-8-4-3-5-9-17/h3-5,8-9,12-15,20-21H,6-7,10-11,16H2,1-2H3,(H,23,25). The average Bonchev–Trinajstić information content (AvgIpc) is 2.64. The zero-order chi connectivity index (χ0) is 17.6. The molecule has 3 nitrogen and oxygen atoms in total. The van der Waals surface area contributed by atoms with Crippen LogP contribution in [-0.4, -0.2) is 37.5 Å². The van der Waals surface area contributed by atoms with Crippen LogP contribution >= 0.6 is 0 Å². The molecule has 25 heavy (non-hydrogen) atoms. The van der Waals surface area contributed by atoms with Gasteiger partial charge in [0.2, 0.25) is 0 Å². The first-order valence-corrected chi connectivity index (χ1v) is 9.24. The molecule has 0 aliphatic heterocycles. The maximum absolute atomic E-state index is 12.7. The largest absolute Gasteiger partial charge is 0.349 e. The van der Waals surface area contributed by atoms with E-state index in [1.807, 2.05) is 42.5 Å². The highest BCUT2D eigenvalue weighted by molar-refractivity contribution is 5.94. The van der Waals surface area contributed by atoms with Gasteiger partial charge in [-0.25, -0.2) is 0 Å². The van der Waals surface area contributed by atoms with Crippen molar-refractivity contribution in [2.75, 3.05) is 20.6 Å². The monoisotopic (exact) mass is 336 g/mol. The molecule has 1 amide bonds. The second-order valence-electron chi connectivity index (χ2n) is 7.33. The second kappa shape index (κ2) is 8.30. The van der Waals surface area contributed by atoms with Crippen LogP contribution in [0.3, 0.4) is 0 Å². The highest BCUT2D eigenvalue weighted by Crippen LogP contribution is 2.25. The van der Waals surface area contributed by atoms with Gasteiger partial charge in [-0.3, -0.25) is 4.79 Å². The topological polar surface area (TPSA) is 32.3 Å². The number of nitrogens with one attached hydrogen (secondary N) is 1. The maximum Gasteiger partial charge on any atom is 0.251 e. The summed E-state index contributed by atoms with van der Waals surface area (Å²) in [4.78, 5) is 14.9. The summed E-state index contributed by atoms with van der Waals surface area (Å²) in [5.74, 6) is 0.603.